The number of ether oxygens (including phenoxy) is 1. The van der Waals surface area contributed by atoms with E-state index >= 15 is 0 Å². The van der Waals surface area contributed by atoms with Gasteiger partial charge in [0, 0.05) is 24.2 Å². The van der Waals surface area contributed by atoms with Crippen LogP contribution < -0.4 is 15.8 Å². The first-order chi connectivity index (χ1) is 15.2. The van der Waals surface area contributed by atoms with E-state index < -0.39 is 5.91 Å². The van der Waals surface area contributed by atoms with E-state index in [0.29, 0.717) is 11.4 Å². The number of nitrogens with two attached hydrogens (primary N) is 1. The number of hydrogen-bond acceptors (Lipinski definition) is 4. The van der Waals surface area contributed by atoms with Crippen molar-refractivity contribution in [3.63, 3.8) is 0 Å². The molecule has 1 saturated carbocycles. The van der Waals surface area contributed by atoms with Gasteiger partial charge in [-0.25, -0.2) is 4.98 Å². The van der Waals surface area contributed by atoms with E-state index in [9.17, 15) is 4.79 Å². The van der Waals surface area contributed by atoms with Gasteiger partial charge in [0.1, 0.15) is 5.75 Å². The van der Waals surface area contributed by atoms with Crippen LogP contribution in [0.1, 0.15) is 60.9 Å². The molecule has 5 heteroatoms. The number of amides is 1. The normalized spacial score (nSPS) is 14.6. The van der Waals surface area contributed by atoms with Crippen molar-refractivity contribution in [1.29, 1.82) is 0 Å². The van der Waals surface area contributed by atoms with Gasteiger partial charge in [0.05, 0.1) is 5.56 Å². The van der Waals surface area contributed by atoms with Gasteiger partial charge in [0.15, 0.2) is 0 Å². The van der Waals surface area contributed by atoms with Crippen LogP contribution in [0.3, 0.4) is 0 Å². The molecule has 0 unspecified atom stereocenters. The van der Waals surface area contributed by atoms with Crippen molar-refractivity contribution < 1.29 is 9.53 Å². The smallest absolute Gasteiger partial charge is 0.250 e. The molecule has 0 radical (unpaired) electrons. The van der Waals surface area contributed by atoms with E-state index in [1.807, 2.05) is 12.1 Å². The maximum Gasteiger partial charge on any atom is 0.250 e. The lowest BCUT2D eigenvalue weighted by molar-refractivity contribution is 0.1000. The number of aromatic nitrogens is 1. The lowest BCUT2D eigenvalue weighted by Crippen LogP contribution is -2.16. The molecule has 0 atom stereocenters. The lowest BCUT2D eigenvalue weighted by Gasteiger charge is -2.21. The summed E-state index contributed by atoms with van der Waals surface area (Å²) in [5, 5.41) is 5.84. The summed E-state index contributed by atoms with van der Waals surface area (Å²) >= 11 is 0. The molecule has 1 fully saturated rings. The second-order valence-electron chi connectivity index (χ2n) is 8.44. The molecule has 1 heterocycles. The highest BCUT2D eigenvalue weighted by Gasteiger charge is 2.13. The first-order valence-corrected chi connectivity index (χ1v) is 11.4. The molecular formula is C26H31N3O2. The zero-order valence-electron chi connectivity index (χ0n) is 18.0. The minimum absolute atomic E-state index is 0.363. The van der Waals surface area contributed by atoms with Gasteiger partial charge >= 0.3 is 0 Å². The first-order valence-electron chi connectivity index (χ1n) is 11.4. The van der Waals surface area contributed by atoms with Crippen LogP contribution in [0.15, 0.2) is 54.7 Å². The third-order valence-electron chi connectivity index (χ3n) is 6.22. The second-order valence-corrected chi connectivity index (χ2v) is 8.44. The highest BCUT2D eigenvalue weighted by atomic mass is 16.5. The summed E-state index contributed by atoms with van der Waals surface area (Å²) in [6.07, 6.45) is 11.1. The monoisotopic (exact) mass is 417 g/mol. The van der Waals surface area contributed by atoms with Crippen LogP contribution in [-0.2, 0) is 6.54 Å². The fourth-order valence-electron chi connectivity index (χ4n) is 4.49. The third kappa shape index (κ3) is 5.61. The average Bonchev–Trinajstić information content (AvgIpc) is 2.81. The molecule has 0 aliphatic heterocycles. The topological polar surface area (TPSA) is 77.2 Å². The summed E-state index contributed by atoms with van der Waals surface area (Å²) in [4.78, 5) is 15.4. The molecular weight excluding hydrogens is 386 g/mol. The van der Waals surface area contributed by atoms with Crippen LogP contribution in [0.2, 0.25) is 0 Å². The molecule has 1 aliphatic carbocycles. The third-order valence-corrected chi connectivity index (χ3v) is 6.22. The van der Waals surface area contributed by atoms with Crippen molar-refractivity contribution in [2.75, 3.05) is 6.54 Å². The summed E-state index contributed by atoms with van der Waals surface area (Å²) in [6, 6.07) is 15.7. The Morgan fingerprint density at radius 2 is 1.84 bits per heavy atom. The minimum Gasteiger partial charge on any atom is -0.438 e. The molecule has 3 aromatic rings. The van der Waals surface area contributed by atoms with Crippen LogP contribution in [-0.4, -0.2) is 17.4 Å². The Morgan fingerprint density at radius 3 is 2.58 bits per heavy atom. The van der Waals surface area contributed by atoms with Crippen LogP contribution in [0, 0.1) is 5.92 Å². The van der Waals surface area contributed by atoms with Crippen molar-refractivity contribution in [3.05, 3.63) is 65.9 Å². The lowest BCUT2D eigenvalue weighted by atomic mass is 9.86. The van der Waals surface area contributed by atoms with Crippen LogP contribution >= 0.6 is 0 Å². The second kappa shape index (κ2) is 10.4. The molecule has 5 nitrogen and oxygen atoms in total. The van der Waals surface area contributed by atoms with E-state index in [-0.39, 0.29) is 0 Å². The summed E-state index contributed by atoms with van der Waals surface area (Å²) in [7, 11) is 0. The highest BCUT2D eigenvalue weighted by Crippen LogP contribution is 2.31. The number of carbonyl (C=O) groups excluding carboxylic acids is 1. The summed E-state index contributed by atoms with van der Waals surface area (Å²) in [5.41, 5.74) is 6.90. The van der Waals surface area contributed by atoms with Gasteiger partial charge < -0.3 is 15.8 Å². The maximum atomic E-state index is 11.2. The Bertz CT molecular complexity index is 1010. The van der Waals surface area contributed by atoms with E-state index in [4.69, 9.17) is 10.5 Å². The number of primary amides is 1. The number of hydrogen-bond donors (Lipinski definition) is 2. The Labute approximate surface area is 184 Å². The summed E-state index contributed by atoms with van der Waals surface area (Å²) in [6.45, 7) is 1.90. The molecule has 0 spiro atoms. The molecule has 4 rings (SSSR count). The molecule has 31 heavy (non-hydrogen) atoms. The zero-order valence-corrected chi connectivity index (χ0v) is 18.0. The molecule has 0 saturated heterocycles. The van der Waals surface area contributed by atoms with Crippen molar-refractivity contribution in [2.45, 2.75) is 51.5 Å². The SMILES string of the molecule is NC(=O)c1ccc(Oc2ccc(CNCCCC3CCCCC3)c3ccccc23)nc1. The fraction of sp³-hybridized carbons (Fsp3) is 0.385. The molecule has 1 aliphatic rings. The summed E-state index contributed by atoms with van der Waals surface area (Å²) in [5.74, 6) is 1.62. The van der Waals surface area contributed by atoms with Crippen LogP contribution in [0.4, 0.5) is 0 Å². The van der Waals surface area contributed by atoms with E-state index in [1.165, 1.54) is 62.1 Å². The molecule has 2 aromatic carbocycles. The Morgan fingerprint density at radius 1 is 1.03 bits per heavy atom. The van der Waals surface area contributed by atoms with Crippen LogP contribution in [0.5, 0.6) is 11.6 Å². The fourth-order valence-corrected chi connectivity index (χ4v) is 4.49. The number of fused-ring (bicyclic) bond motifs is 1. The van der Waals surface area contributed by atoms with Gasteiger partial charge in [-0.15, -0.1) is 0 Å². The van der Waals surface area contributed by atoms with Crippen molar-refractivity contribution in [1.82, 2.24) is 10.3 Å². The first kappa shape index (κ1) is 21.3. The Balaban J connectivity index is 1.38. The van der Waals surface area contributed by atoms with Gasteiger partial charge in [-0.05, 0) is 48.4 Å². The number of carbonyl (C=O) groups is 1. The number of nitrogens with zero attached hydrogens (tertiary/aromatic N) is 1. The van der Waals surface area contributed by atoms with Gasteiger partial charge in [0.2, 0.25) is 11.8 Å². The predicted octanol–water partition coefficient (Wildman–Crippen LogP) is 5.58. The van der Waals surface area contributed by atoms with Gasteiger partial charge in [-0.3, -0.25) is 4.79 Å². The van der Waals surface area contributed by atoms with Gasteiger partial charge in [-0.2, -0.15) is 0 Å². The van der Waals surface area contributed by atoms with E-state index in [1.54, 1.807) is 12.1 Å². The minimum atomic E-state index is -0.500. The Hall–Kier alpha value is -2.92. The zero-order chi connectivity index (χ0) is 21.5. The van der Waals surface area contributed by atoms with E-state index in [2.05, 4.69) is 34.6 Å². The summed E-state index contributed by atoms with van der Waals surface area (Å²) < 4.78 is 6.01. The van der Waals surface area contributed by atoms with Gasteiger partial charge in [-0.1, -0.05) is 62.4 Å². The quantitative estimate of drug-likeness (QED) is 0.446. The van der Waals surface area contributed by atoms with Crippen molar-refractivity contribution in [3.8, 4) is 11.6 Å². The molecule has 1 aromatic heterocycles. The maximum absolute atomic E-state index is 11.2. The molecule has 1 amide bonds. The molecule has 0 bridgehead atoms. The largest absolute Gasteiger partial charge is 0.438 e. The number of nitrogens with one attached hydrogen (secondary N) is 1. The van der Waals surface area contributed by atoms with Gasteiger partial charge in [0.25, 0.3) is 0 Å². The average molecular weight is 418 g/mol. The molecule has 162 valence electrons. The standard InChI is InChI=1S/C26H31N3O2/c27-26(30)21-13-15-25(29-18-21)31-24-14-12-20(22-10-4-5-11-23(22)24)17-28-16-6-9-19-7-2-1-3-8-19/h4-5,10-15,18-19,28H,1-3,6-9,16-17H2,(H2,27,30). The number of rotatable bonds is 9. The van der Waals surface area contributed by atoms with Crippen molar-refractivity contribution in [2.24, 2.45) is 11.7 Å². The number of pyridine rings is 1. The highest BCUT2D eigenvalue weighted by molar-refractivity contribution is 5.92. The Kier molecular flexibility index (Phi) is 7.15. The predicted molar refractivity (Wildman–Crippen MR) is 124 cm³/mol. The van der Waals surface area contributed by atoms with E-state index in [0.717, 1.165) is 30.1 Å². The van der Waals surface area contributed by atoms with Crippen molar-refractivity contribution >= 4 is 16.7 Å². The molecule has 3 N–H and O–H groups in total. The van der Waals surface area contributed by atoms with Crippen LogP contribution in [0.25, 0.3) is 10.8 Å². The number of benzene rings is 2.